The largest absolute Gasteiger partial charge is 0.466 e. The molecule has 0 fully saturated rings. The van der Waals surface area contributed by atoms with Crippen molar-refractivity contribution in [1.29, 1.82) is 0 Å². The summed E-state index contributed by atoms with van der Waals surface area (Å²) in [5, 5.41) is 0. The van der Waals surface area contributed by atoms with E-state index in [1.807, 2.05) is 0 Å². The summed E-state index contributed by atoms with van der Waals surface area (Å²) in [6, 6.07) is 1.20. The van der Waals surface area contributed by atoms with Gasteiger partial charge in [-0.25, -0.2) is 9.37 Å². The molecule has 0 aromatic carbocycles. The van der Waals surface area contributed by atoms with E-state index in [9.17, 15) is 9.18 Å². The number of carbonyl (C=O) groups excluding carboxylic acids is 1. The van der Waals surface area contributed by atoms with E-state index in [-0.39, 0.29) is 5.82 Å². The SMILES string of the molecule is CCOC(=O)[C@@H](C)c1cnc(N)c(F)c1. The van der Waals surface area contributed by atoms with Crippen LogP contribution in [0.15, 0.2) is 12.3 Å². The van der Waals surface area contributed by atoms with E-state index in [0.717, 1.165) is 0 Å². The maximum atomic E-state index is 13.0. The zero-order valence-electron chi connectivity index (χ0n) is 8.66. The Kier molecular flexibility index (Phi) is 3.60. The zero-order valence-corrected chi connectivity index (χ0v) is 8.66. The number of halogens is 1. The van der Waals surface area contributed by atoms with Crippen LogP contribution < -0.4 is 5.73 Å². The Morgan fingerprint density at radius 1 is 1.73 bits per heavy atom. The predicted octanol–water partition coefficient (Wildman–Crippen LogP) is 1.47. The van der Waals surface area contributed by atoms with Crippen LogP contribution in [-0.2, 0) is 9.53 Å². The van der Waals surface area contributed by atoms with Gasteiger partial charge in [0.1, 0.15) is 0 Å². The maximum absolute atomic E-state index is 13.0. The van der Waals surface area contributed by atoms with E-state index in [1.54, 1.807) is 13.8 Å². The minimum atomic E-state index is -0.622. The van der Waals surface area contributed by atoms with Crippen molar-refractivity contribution in [1.82, 2.24) is 4.98 Å². The zero-order chi connectivity index (χ0) is 11.4. The number of hydrogen-bond donors (Lipinski definition) is 1. The van der Waals surface area contributed by atoms with Gasteiger partial charge in [0, 0.05) is 6.20 Å². The van der Waals surface area contributed by atoms with Crippen molar-refractivity contribution in [3.05, 3.63) is 23.6 Å². The van der Waals surface area contributed by atoms with Gasteiger partial charge in [-0.2, -0.15) is 0 Å². The summed E-state index contributed by atoms with van der Waals surface area (Å²) in [6.45, 7) is 3.64. The fraction of sp³-hybridized carbons (Fsp3) is 0.400. The number of ether oxygens (including phenoxy) is 1. The first-order valence-corrected chi connectivity index (χ1v) is 4.63. The van der Waals surface area contributed by atoms with Gasteiger partial charge in [-0.05, 0) is 25.5 Å². The molecule has 0 aliphatic rings. The van der Waals surface area contributed by atoms with Gasteiger partial charge in [0.25, 0.3) is 0 Å². The summed E-state index contributed by atoms with van der Waals surface area (Å²) in [6.07, 6.45) is 1.38. The highest BCUT2D eigenvalue weighted by molar-refractivity contribution is 5.77. The van der Waals surface area contributed by atoms with Crippen molar-refractivity contribution in [2.45, 2.75) is 19.8 Å². The molecular formula is C10H13FN2O2. The van der Waals surface area contributed by atoms with Crippen LogP contribution in [0.2, 0.25) is 0 Å². The third-order valence-corrected chi connectivity index (χ3v) is 2.03. The lowest BCUT2D eigenvalue weighted by Crippen LogP contribution is -2.13. The molecule has 1 rings (SSSR count). The number of pyridine rings is 1. The third-order valence-electron chi connectivity index (χ3n) is 2.03. The van der Waals surface area contributed by atoms with Crippen LogP contribution in [0.4, 0.5) is 10.2 Å². The second kappa shape index (κ2) is 4.72. The first kappa shape index (κ1) is 11.4. The lowest BCUT2D eigenvalue weighted by molar-refractivity contribution is -0.144. The number of nitrogen functional groups attached to an aromatic ring is 1. The van der Waals surface area contributed by atoms with Gasteiger partial charge in [0.15, 0.2) is 11.6 Å². The number of hydrogen-bond acceptors (Lipinski definition) is 4. The van der Waals surface area contributed by atoms with E-state index in [0.29, 0.717) is 12.2 Å². The summed E-state index contributed by atoms with van der Waals surface area (Å²) in [7, 11) is 0. The quantitative estimate of drug-likeness (QED) is 0.770. The van der Waals surface area contributed by atoms with Crippen molar-refractivity contribution in [3.8, 4) is 0 Å². The number of nitrogens with two attached hydrogens (primary N) is 1. The molecule has 4 nitrogen and oxygen atoms in total. The predicted molar refractivity (Wildman–Crippen MR) is 53.7 cm³/mol. The molecule has 0 amide bonds. The Morgan fingerprint density at radius 2 is 2.40 bits per heavy atom. The van der Waals surface area contributed by atoms with Crippen LogP contribution in [0.3, 0.4) is 0 Å². The molecule has 0 radical (unpaired) electrons. The van der Waals surface area contributed by atoms with Gasteiger partial charge in [0.2, 0.25) is 0 Å². The molecule has 5 heteroatoms. The van der Waals surface area contributed by atoms with E-state index in [1.165, 1.54) is 12.3 Å². The van der Waals surface area contributed by atoms with Crippen molar-refractivity contribution in [2.75, 3.05) is 12.3 Å². The molecule has 82 valence electrons. The minimum Gasteiger partial charge on any atom is -0.466 e. The molecule has 1 aromatic heterocycles. The number of anilines is 1. The summed E-state index contributed by atoms with van der Waals surface area (Å²) in [5.74, 6) is -1.73. The standard InChI is InChI=1S/C10H13FN2O2/c1-3-15-10(14)6(2)7-4-8(11)9(12)13-5-7/h4-6H,3H2,1-2H3,(H2,12,13)/t6-/m0/s1. The highest BCUT2D eigenvalue weighted by Crippen LogP contribution is 2.18. The van der Waals surface area contributed by atoms with E-state index in [4.69, 9.17) is 10.5 Å². The van der Waals surface area contributed by atoms with Crippen LogP contribution in [0, 0.1) is 5.82 Å². The molecule has 2 N–H and O–H groups in total. The summed E-state index contributed by atoms with van der Waals surface area (Å²) >= 11 is 0. The first-order valence-electron chi connectivity index (χ1n) is 4.63. The van der Waals surface area contributed by atoms with Gasteiger partial charge < -0.3 is 10.5 Å². The molecular weight excluding hydrogens is 199 g/mol. The molecule has 0 aliphatic carbocycles. The summed E-state index contributed by atoms with van der Waals surface area (Å²) < 4.78 is 17.9. The highest BCUT2D eigenvalue weighted by atomic mass is 19.1. The van der Waals surface area contributed by atoms with Crippen LogP contribution in [0.25, 0.3) is 0 Å². The van der Waals surface area contributed by atoms with Crippen LogP contribution in [-0.4, -0.2) is 17.6 Å². The number of nitrogens with zero attached hydrogens (tertiary/aromatic N) is 1. The Hall–Kier alpha value is -1.65. The second-order valence-corrected chi connectivity index (χ2v) is 3.11. The Labute approximate surface area is 87.3 Å². The van der Waals surface area contributed by atoms with Crippen molar-refractivity contribution < 1.29 is 13.9 Å². The van der Waals surface area contributed by atoms with Crippen molar-refractivity contribution in [2.24, 2.45) is 0 Å². The van der Waals surface area contributed by atoms with Gasteiger partial charge >= 0.3 is 5.97 Å². The Balaban J connectivity index is 2.86. The Morgan fingerprint density at radius 3 is 2.93 bits per heavy atom. The molecule has 1 aromatic rings. The monoisotopic (exact) mass is 212 g/mol. The molecule has 1 atom stereocenters. The number of aromatic nitrogens is 1. The van der Waals surface area contributed by atoms with Gasteiger partial charge in [-0.15, -0.1) is 0 Å². The second-order valence-electron chi connectivity index (χ2n) is 3.11. The minimum absolute atomic E-state index is 0.171. The number of rotatable bonds is 3. The van der Waals surface area contributed by atoms with Gasteiger partial charge in [-0.1, -0.05) is 0 Å². The van der Waals surface area contributed by atoms with E-state index < -0.39 is 17.7 Å². The number of esters is 1. The third kappa shape index (κ3) is 2.65. The molecule has 0 saturated carbocycles. The molecule has 0 aliphatic heterocycles. The molecule has 0 unspecified atom stereocenters. The van der Waals surface area contributed by atoms with Crippen LogP contribution in [0.5, 0.6) is 0 Å². The fourth-order valence-electron chi connectivity index (χ4n) is 1.10. The fourth-order valence-corrected chi connectivity index (χ4v) is 1.10. The lowest BCUT2D eigenvalue weighted by atomic mass is 10.0. The topological polar surface area (TPSA) is 65.2 Å². The highest BCUT2D eigenvalue weighted by Gasteiger charge is 2.17. The summed E-state index contributed by atoms with van der Waals surface area (Å²) in [4.78, 5) is 15.0. The first-order chi connectivity index (χ1) is 7.06. The molecule has 0 spiro atoms. The van der Waals surface area contributed by atoms with Gasteiger partial charge in [0.05, 0.1) is 12.5 Å². The van der Waals surface area contributed by atoms with Crippen molar-refractivity contribution in [3.63, 3.8) is 0 Å². The molecule has 15 heavy (non-hydrogen) atoms. The van der Waals surface area contributed by atoms with Crippen LogP contribution in [0.1, 0.15) is 25.3 Å². The summed E-state index contributed by atoms with van der Waals surface area (Å²) in [5.41, 5.74) is 5.68. The molecule has 1 heterocycles. The molecule has 0 bridgehead atoms. The van der Waals surface area contributed by atoms with E-state index in [2.05, 4.69) is 4.98 Å². The Bertz CT molecular complexity index is 368. The maximum Gasteiger partial charge on any atom is 0.313 e. The average molecular weight is 212 g/mol. The molecule has 0 saturated heterocycles. The van der Waals surface area contributed by atoms with Crippen molar-refractivity contribution >= 4 is 11.8 Å². The average Bonchev–Trinajstić information content (AvgIpc) is 2.21. The normalized spacial score (nSPS) is 12.2. The smallest absolute Gasteiger partial charge is 0.313 e. The lowest BCUT2D eigenvalue weighted by Gasteiger charge is -2.10. The number of carbonyl (C=O) groups is 1. The van der Waals surface area contributed by atoms with Crippen LogP contribution >= 0.6 is 0 Å². The van der Waals surface area contributed by atoms with E-state index >= 15 is 0 Å². The van der Waals surface area contributed by atoms with Gasteiger partial charge in [-0.3, -0.25) is 4.79 Å².